The second-order valence-corrected chi connectivity index (χ2v) is 4.91. The third-order valence-electron chi connectivity index (χ3n) is 3.55. The number of hydrogen-bond acceptors (Lipinski definition) is 6. The Morgan fingerprint density at radius 1 is 1.16 bits per heavy atom. The van der Waals surface area contributed by atoms with Crippen molar-refractivity contribution >= 4 is 0 Å². The standard InChI is InChI=1S/C13H17N3O3/c1-8-11(9(2)18-15-8)3-4-12-14-13(16-19-12)10-5-6-17-7-10/h10H,3-7H2,1-2H3/t10-/m1/s1. The summed E-state index contributed by atoms with van der Waals surface area (Å²) in [6.07, 6.45) is 2.50. The van der Waals surface area contributed by atoms with Gasteiger partial charge in [0.2, 0.25) is 5.89 Å². The van der Waals surface area contributed by atoms with E-state index in [0.29, 0.717) is 18.9 Å². The third-order valence-corrected chi connectivity index (χ3v) is 3.55. The van der Waals surface area contributed by atoms with Crippen molar-refractivity contribution in [1.29, 1.82) is 0 Å². The van der Waals surface area contributed by atoms with Crippen LogP contribution in [0.1, 0.15) is 41.1 Å². The van der Waals surface area contributed by atoms with Crippen LogP contribution in [0.3, 0.4) is 0 Å². The number of ether oxygens (including phenoxy) is 1. The molecule has 0 bridgehead atoms. The van der Waals surface area contributed by atoms with Gasteiger partial charge in [0.25, 0.3) is 0 Å². The molecule has 1 atom stereocenters. The summed E-state index contributed by atoms with van der Waals surface area (Å²) < 4.78 is 15.8. The van der Waals surface area contributed by atoms with Gasteiger partial charge in [-0.05, 0) is 26.7 Å². The third kappa shape index (κ3) is 2.53. The van der Waals surface area contributed by atoms with Crippen molar-refractivity contribution in [3.63, 3.8) is 0 Å². The molecule has 2 aromatic heterocycles. The highest BCUT2D eigenvalue weighted by Gasteiger charge is 2.23. The van der Waals surface area contributed by atoms with Crippen LogP contribution in [0.15, 0.2) is 9.05 Å². The van der Waals surface area contributed by atoms with Gasteiger partial charge in [-0.3, -0.25) is 0 Å². The van der Waals surface area contributed by atoms with Crippen LogP contribution in [0.5, 0.6) is 0 Å². The van der Waals surface area contributed by atoms with Crippen molar-refractivity contribution < 1.29 is 13.8 Å². The number of aryl methyl sites for hydroxylation is 3. The minimum atomic E-state index is 0.288. The minimum Gasteiger partial charge on any atom is -0.381 e. The molecule has 0 aliphatic carbocycles. The van der Waals surface area contributed by atoms with E-state index >= 15 is 0 Å². The number of hydrogen-bond donors (Lipinski definition) is 0. The van der Waals surface area contributed by atoms with E-state index in [1.807, 2.05) is 13.8 Å². The molecule has 3 heterocycles. The summed E-state index contributed by atoms with van der Waals surface area (Å²) in [5.74, 6) is 2.59. The van der Waals surface area contributed by atoms with Crippen LogP contribution < -0.4 is 0 Å². The Labute approximate surface area is 111 Å². The first kappa shape index (κ1) is 12.3. The highest BCUT2D eigenvalue weighted by molar-refractivity contribution is 5.21. The van der Waals surface area contributed by atoms with Crippen molar-refractivity contribution in [2.75, 3.05) is 13.2 Å². The average Bonchev–Trinajstić information content (AvgIpc) is 3.10. The Balaban J connectivity index is 1.64. The van der Waals surface area contributed by atoms with Gasteiger partial charge >= 0.3 is 0 Å². The molecular weight excluding hydrogens is 246 g/mol. The molecule has 1 saturated heterocycles. The molecule has 0 saturated carbocycles. The minimum absolute atomic E-state index is 0.288. The molecule has 0 spiro atoms. The summed E-state index contributed by atoms with van der Waals surface area (Å²) in [7, 11) is 0. The second-order valence-electron chi connectivity index (χ2n) is 4.91. The van der Waals surface area contributed by atoms with Crippen LogP contribution in [0.4, 0.5) is 0 Å². The molecule has 0 N–H and O–H groups in total. The first-order chi connectivity index (χ1) is 9.24. The fourth-order valence-electron chi connectivity index (χ4n) is 2.36. The zero-order valence-corrected chi connectivity index (χ0v) is 11.2. The van der Waals surface area contributed by atoms with Crippen LogP contribution in [-0.2, 0) is 17.6 Å². The van der Waals surface area contributed by atoms with Crippen LogP contribution in [0.25, 0.3) is 0 Å². The molecule has 19 heavy (non-hydrogen) atoms. The lowest BCUT2D eigenvalue weighted by atomic mass is 10.1. The van der Waals surface area contributed by atoms with Gasteiger partial charge in [-0.1, -0.05) is 10.3 Å². The van der Waals surface area contributed by atoms with Gasteiger partial charge in [0.1, 0.15) is 5.76 Å². The molecule has 1 fully saturated rings. The summed E-state index contributed by atoms with van der Waals surface area (Å²) in [6, 6.07) is 0. The van der Waals surface area contributed by atoms with Crippen LogP contribution in [-0.4, -0.2) is 28.5 Å². The first-order valence-electron chi connectivity index (χ1n) is 6.56. The summed E-state index contributed by atoms with van der Waals surface area (Å²) in [4.78, 5) is 4.44. The second kappa shape index (κ2) is 5.13. The fourth-order valence-corrected chi connectivity index (χ4v) is 2.36. The summed E-state index contributed by atoms with van der Waals surface area (Å²) >= 11 is 0. The molecule has 0 amide bonds. The molecule has 6 nitrogen and oxygen atoms in total. The lowest BCUT2D eigenvalue weighted by Gasteiger charge is -1.98. The molecule has 0 unspecified atom stereocenters. The smallest absolute Gasteiger partial charge is 0.226 e. The van der Waals surface area contributed by atoms with E-state index in [0.717, 1.165) is 42.3 Å². The fraction of sp³-hybridized carbons (Fsp3) is 0.615. The molecule has 1 aliphatic heterocycles. The quantitative estimate of drug-likeness (QED) is 0.839. The van der Waals surface area contributed by atoms with Crippen molar-refractivity contribution in [2.45, 2.75) is 39.0 Å². The Kier molecular flexibility index (Phi) is 3.33. The molecule has 1 aliphatic rings. The molecule has 6 heteroatoms. The monoisotopic (exact) mass is 263 g/mol. The highest BCUT2D eigenvalue weighted by atomic mass is 16.5. The van der Waals surface area contributed by atoms with E-state index < -0.39 is 0 Å². The zero-order valence-electron chi connectivity index (χ0n) is 11.2. The Bertz CT molecular complexity index is 536. The first-order valence-corrected chi connectivity index (χ1v) is 6.56. The average molecular weight is 263 g/mol. The van der Waals surface area contributed by atoms with Crippen LogP contribution in [0, 0.1) is 13.8 Å². The predicted molar refractivity (Wildman–Crippen MR) is 65.9 cm³/mol. The van der Waals surface area contributed by atoms with Crippen molar-refractivity contribution in [1.82, 2.24) is 15.3 Å². The summed E-state index contributed by atoms with van der Waals surface area (Å²) in [5, 5.41) is 7.98. The number of rotatable bonds is 4. The van der Waals surface area contributed by atoms with Gasteiger partial charge in [-0.15, -0.1) is 0 Å². The lowest BCUT2D eigenvalue weighted by molar-refractivity contribution is 0.192. The van der Waals surface area contributed by atoms with E-state index in [1.54, 1.807) is 0 Å². The van der Waals surface area contributed by atoms with E-state index in [1.165, 1.54) is 0 Å². The van der Waals surface area contributed by atoms with Gasteiger partial charge in [0, 0.05) is 24.5 Å². The predicted octanol–water partition coefficient (Wildman–Crippen LogP) is 1.96. The lowest BCUT2D eigenvalue weighted by Crippen LogP contribution is -2.00. The van der Waals surface area contributed by atoms with Gasteiger partial charge in [-0.25, -0.2) is 0 Å². The highest BCUT2D eigenvalue weighted by Crippen LogP contribution is 2.23. The molecule has 2 aromatic rings. The van der Waals surface area contributed by atoms with Crippen LogP contribution >= 0.6 is 0 Å². The normalized spacial score (nSPS) is 19.2. The van der Waals surface area contributed by atoms with Crippen molar-refractivity contribution in [2.24, 2.45) is 0 Å². The van der Waals surface area contributed by atoms with Gasteiger partial charge in [-0.2, -0.15) is 4.98 Å². The van der Waals surface area contributed by atoms with Gasteiger partial charge in [0.15, 0.2) is 5.82 Å². The largest absolute Gasteiger partial charge is 0.381 e. The number of aromatic nitrogens is 3. The van der Waals surface area contributed by atoms with Gasteiger partial charge < -0.3 is 13.8 Å². The zero-order chi connectivity index (χ0) is 13.2. The SMILES string of the molecule is Cc1noc(C)c1CCc1nc([C@@H]2CCOC2)no1. The van der Waals surface area contributed by atoms with E-state index in [9.17, 15) is 0 Å². The molecule has 3 rings (SSSR count). The molecule has 102 valence electrons. The molecule has 0 aromatic carbocycles. The summed E-state index contributed by atoms with van der Waals surface area (Å²) in [6.45, 7) is 5.35. The van der Waals surface area contributed by atoms with Crippen LogP contribution in [0.2, 0.25) is 0 Å². The molecular formula is C13H17N3O3. The number of nitrogens with zero attached hydrogens (tertiary/aromatic N) is 3. The van der Waals surface area contributed by atoms with Crippen molar-refractivity contribution in [3.05, 3.63) is 28.7 Å². The maximum atomic E-state index is 5.33. The van der Waals surface area contributed by atoms with Crippen molar-refractivity contribution in [3.8, 4) is 0 Å². The van der Waals surface area contributed by atoms with E-state index in [-0.39, 0.29) is 5.92 Å². The Hall–Kier alpha value is -1.69. The Morgan fingerprint density at radius 3 is 2.74 bits per heavy atom. The Morgan fingerprint density at radius 2 is 2.05 bits per heavy atom. The summed E-state index contributed by atoms with van der Waals surface area (Å²) in [5.41, 5.74) is 2.06. The topological polar surface area (TPSA) is 74.2 Å². The van der Waals surface area contributed by atoms with Gasteiger partial charge in [0.05, 0.1) is 12.3 Å². The maximum Gasteiger partial charge on any atom is 0.226 e. The maximum absolute atomic E-state index is 5.33. The van der Waals surface area contributed by atoms with E-state index in [4.69, 9.17) is 13.8 Å². The molecule has 0 radical (unpaired) electrons. The van der Waals surface area contributed by atoms with E-state index in [2.05, 4.69) is 15.3 Å².